The number of hydrogen-bond donors (Lipinski definition) is 0. The number of aromatic nitrogens is 1. The van der Waals surface area contributed by atoms with Crippen molar-refractivity contribution in [2.24, 2.45) is 0 Å². The molecule has 16 heavy (non-hydrogen) atoms. The average molecular weight is 217 g/mol. The number of hydrogen-bond acceptors (Lipinski definition) is 4. The van der Waals surface area contributed by atoms with Gasteiger partial charge in [-0.05, 0) is 18.2 Å². The quantitative estimate of drug-likeness (QED) is 0.736. The molecule has 4 nitrogen and oxygen atoms in total. The van der Waals surface area contributed by atoms with Crippen molar-refractivity contribution in [3.8, 4) is 17.2 Å². The Morgan fingerprint density at radius 3 is 3.12 bits per heavy atom. The molecule has 2 aromatic rings. The number of methoxy groups -OCH3 is 1. The van der Waals surface area contributed by atoms with Gasteiger partial charge in [-0.15, -0.1) is 0 Å². The van der Waals surface area contributed by atoms with Crippen LogP contribution in [-0.2, 0) is 11.2 Å². The number of ether oxygens (including phenoxy) is 1. The number of aldehydes is 1. The summed E-state index contributed by atoms with van der Waals surface area (Å²) in [6.07, 6.45) is 2.56. The van der Waals surface area contributed by atoms with Crippen molar-refractivity contribution < 1.29 is 13.9 Å². The second kappa shape index (κ2) is 4.61. The Morgan fingerprint density at radius 1 is 1.50 bits per heavy atom. The summed E-state index contributed by atoms with van der Waals surface area (Å²) in [6, 6.07) is 7.41. The number of rotatable bonds is 4. The first-order chi connectivity index (χ1) is 7.83. The Morgan fingerprint density at radius 2 is 2.38 bits per heavy atom. The lowest BCUT2D eigenvalue weighted by Crippen LogP contribution is -1.86. The molecule has 4 heteroatoms. The minimum atomic E-state index is 0.271. The third kappa shape index (κ3) is 2.11. The standard InChI is InChI=1S/C12H11NO3/c1-15-11-4-2-3-9(7-11)12-13-10(5-6-14)8-16-12/h2-4,6-8H,5H2,1H3. The lowest BCUT2D eigenvalue weighted by Gasteiger charge is -2.00. The largest absolute Gasteiger partial charge is 0.497 e. The molecule has 0 N–H and O–H groups in total. The van der Waals surface area contributed by atoms with E-state index in [4.69, 9.17) is 9.15 Å². The second-order valence-corrected chi connectivity index (χ2v) is 3.25. The molecule has 0 atom stereocenters. The Hall–Kier alpha value is -2.10. The van der Waals surface area contributed by atoms with E-state index in [-0.39, 0.29) is 6.42 Å². The predicted octanol–water partition coefficient (Wildman–Crippen LogP) is 2.09. The third-order valence-electron chi connectivity index (χ3n) is 2.16. The predicted molar refractivity (Wildman–Crippen MR) is 58.3 cm³/mol. The van der Waals surface area contributed by atoms with Gasteiger partial charge in [0.2, 0.25) is 5.89 Å². The SMILES string of the molecule is COc1cccc(-c2nc(CC=O)co2)c1. The topological polar surface area (TPSA) is 52.3 Å². The van der Waals surface area contributed by atoms with Crippen molar-refractivity contribution in [2.75, 3.05) is 7.11 Å². The van der Waals surface area contributed by atoms with Crippen LogP contribution in [0.25, 0.3) is 11.5 Å². The molecule has 82 valence electrons. The Labute approximate surface area is 92.9 Å². The van der Waals surface area contributed by atoms with Gasteiger partial charge in [0.15, 0.2) is 0 Å². The summed E-state index contributed by atoms with van der Waals surface area (Å²) >= 11 is 0. The van der Waals surface area contributed by atoms with Gasteiger partial charge in [-0.1, -0.05) is 6.07 Å². The molecule has 1 aromatic heterocycles. The minimum Gasteiger partial charge on any atom is -0.497 e. The highest BCUT2D eigenvalue weighted by Crippen LogP contribution is 2.22. The highest BCUT2D eigenvalue weighted by molar-refractivity contribution is 5.58. The number of oxazole rings is 1. The molecule has 0 fully saturated rings. The maximum atomic E-state index is 10.3. The molecule has 0 aliphatic heterocycles. The van der Waals surface area contributed by atoms with Gasteiger partial charge in [0.1, 0.15) is 18.3 Å². The monoisotopic (exact) mass is 217 g/mol. The summed E-state index contributed by atoms with van der Waals surface area (Å²) < 4.78 is 10.4. The van der Waals surface area contributed by atoms with E-state index in [1.54, 1.807) is 7.11 Å². The number of carbonyl (C=O) groups is 1. The number of nitrogens with zero attached hydrogens (tertiary/aromatic N) is 1. The van der Waals surface area contributed by atoms with Crippen molar-refractivity contribution in [2.45, 2.75) is 6.42 Å². The van der Waals surface area contributed by atoms with Crippen molar-refractivity contribution >= 4 is 6.29 Å². The third-order valence-corrected chi connectivity index (χ3v) is 2.16. The van der Waals surface area contributed by atoms with Crippen molar-refractivity contribution in [1.82, 2.24) is 4.98 Å². The van der Waals surface area contributed by atoms with Gasteiger partial charge in [0.25, 0.3) is 0 Å². The van der Waals surface area contributed by atoms with Crippen LogP contribution < -0.4 is 4.74 Å². The highest BCUT2D eigenvalue weighted by atomic mass is 16.5. The van der Waals surface area contributed by atoms with Crippen LogP contribution in [0.15, 0.2) is 34.9 Å². The van der Waals surface area contributed by atoms with Gasteiger partial charge < -0.3 is 13.9 Å². The van der Waals surface area contributed by atoms with Crippen LogP contribution in [0.5, 0.6) is 5.75 Å². The van der Waals surface area contributed by atoms with E-state index in [0.717, 1.165) is 17.6 Å². The van der Waals surface area contributed by atoms with Crippen LogP contribution in [0.3, 0.4) is 0 Å². The molecule has 0 saturated heterocycles. The van der Waals surface area contributed by atoms with Gasteiger partial charge in [-0.3, -0.25) is 0 Å². The maximum absolute atomic E-state index is 10.3. The highest BCUT2D eigenvalue weighted by Gasteiger charge is 2.06. The summed E-state index contributed by atoms with van der Waals surface area (Å²) in [6.45, 7) is 0. The van der Waals surface area contributed by atoms with Crippen LogP contribution >= 0.6 is 0 Å². The van der Waals surface area contributed by atoms with E-state index < -0.39 is 0 Å². The number of carbonyl (C=O) groups excluding carboxylic acids is 1. The molecule has 1 aromatic carbocycles. The Balaban J connectivity index is 2.30. The van der Waals surface area contributed by atoms with Crippen LogP contribution in [0.2, 0.25) is 0 Å². The molecule has 0 unspecified atom stereocenters. The molecule has 0 radical (unpaired) electrons. The smallest absolute Gasteiger partial charge is 0.226 e. The zero-order chi connectivity index (χ0) is 11.4. The van der Waals surface area contributed by atoms with E-state index in [2.05, 4.69) is 4.98 Å². The molecule has 0 aliphatic carbocycles. The fourth-order valence-corrected chi connectivity index (χ4v) is 1.37. The van der Waals surface area contributed by atoms with Gasteiger partial charge >= 0.3 is 0 Å². The normalized spacial score (nSPS) is 10.1. The molecule has 0 saturated carbocycles. The second-order valence-electron chi connectivity index (χ2n) is 3.25. The lowest BCUT2D eigenvalue weighted by atomic mass is 10.2. The maximum Gasteiger partial charge on any atom is 0.226 e. The molecule has 0 spiro atoms. The van der Waals surface area contributed by atoms with Crippen molar-refractivity contribution in [3.63, 3.8) is 0 Å². The van der Waals surface area contributed by atoms with Crippen LogP contribution in [0, 0.1) is 0 Å². The first-order valence-corrected chi connectivity index (χ1v) is 4.86. The van der Waals surface area contributed by atoms with Crippen LogP contribution in [-0.4, -0.2) is 18.4 Å². The molecule has 1 heterocycles. The van der Waals surface area contributed by atoms with E-state index >= 15 is 0 Å². The Kier molecular flexibility index (Phi) is 3.00. The fourth-order valence-electron chi connectivity index (χ4n) is 1.37. The summed E-state index contributed by atoms with van der Waals surface area (Å²) in [5, 5.41) is 0. The number of benzene rings is 1. The lowest BCUT2D eigenvalue weighted by molar-refractivity contribution is -0.107. The molecule has 2 rings (SSSR count). The molecule has 0 aliphatic rings. The van der Waals surface area contributed by atoms with Gasteiger partial charge in [-0.25, -0.2) is 4.98 Å². The molecular formula is C12H11NO3. The van der Waals surface area contributed by atoms with Crippen molar-refractivity contribution in [1.29, 1.82) is 0 Å². The van der Waals surface area contributed by atoms with E-state index in [0.29, 0.717) is 11.6 Å². The van der Waals surface area contributed by atoms with E-state index in [1.807, 2.05) is 24.3 Å². The van der Waals surface area contributed by atoms with Gasteiger partial charge in [0, 0.05) is 12.0 Å². The first kappa shape index (κ1) is 10.4. The zero-order valence-corrected chi connectivity index (χ0v) is 8.84. The van der Waals surface area contributed by atoms with Crippen molar-refractivity contribution in [3.05, 3.63) is 36.2 Å². The summed E-state index contributed by atoms with van der Waals surface area (Å²) in [5.74, 6) is 1.24. The summed E-state index contributed by atoms with van der Waals surface area (Å²) in [4.78, 5) is 14.5. The fraction of sp³-hybridized carbons (Fsp3) is 0.167. The summed E-state index contributed by atoms with van der Waals surface area (Å²) in [7, 11) is 1.60. The minimum absolute atomic E-state index is 0.271. The summed E-state index contributed by atoms with van der Waals surface area (Å²) in [5.41, 5.74) is 1.46. The average Bonchev–Trinajstić information content (AvgIpc) is 2.78. The molecule has 0 amide bonds. The van der Waals surface area contributed by atoms with E-state index in [1.165, 1.54) is 6.26 Å². The zero-order valence-electron chi connectivity index (χ0n) is 8.84. The van der Waals surface area contributed by atoms with Gasteiger partial charge in [0.05, 0.1) is 12.8 Å². The van der Waals surface area contributed by atoms with E-state index in [9.17, 15) is 4.79 Å². The molecule has 0 bridgehead atoms. The van der Waals surface area contributed by atoms with Gasteiger partial charge in [-0.2, -0.15) is 0 Å². The Bertz CT molecular complexity index is 491. The van der Waals surface area contributed by atoms with Crippen LogP contribution in [0.1, 0.15) is 5.69 Å². The van der Waals surface area contributed by atoms with Crippen LogP contribution in [0.4, 0.5) is 0 Å². The molecular weight excluding hydrogens is 206 g/mol. The first-order valence-electron chi connectivity index (χ1n) is 4.86.